The van der Waals surface area contributed by atoms with Crippen LogP contribution in [-0.4, -0.2) is 40.1 Å². The van der Waals surface area contributed by atoms with Crippen molar-refractivity contribution in [2.24, 2.45) is 0 Å². The monoisotopic (exact) mass is 445 g/mol. The number of anilines is 1. The first-order valence-corrected chi connectivity index (χ1v) is 10.6. The van der Waals surface area contributed by atoms with Crippen LogP contribution in [0.2, 0.25) is 0 Å². The molecular formula is C20H17F2N5O3S. The van der Waals surface area contributed by atoms with Crippen LogP contribution in [0.1, 0.15) is 11.3 Å². The van der Waals surface area contributed by atoms with Gasteiger partial charge in [-0.1, -0.05) is 0 Å². The molecule has 0 unspecified atom stereocenters. The second kappa shape index (κ2) is 8.28. The van der Waals surface area contributed by atoms with E-state index in [0.717, 1.165) is 17.7 Å². The minimum Gasteiger partial charge on any atom is -0.394 e. The second-order valence-electron chi connectivity index (χ2n) is 6.67. The lowest BCUT2D eigenvalue weighted by Gasteiger charge is -2.08. The highest BCUT2D eigenvalue weighted by atomic mass is 32.2. The molecule has 2 aromatic heterocycles. The smallest absolute Gasteiger partial charge is 0.262 e. The number of sulfonamides is 1. The van der Waals surface area contributed by atoms with Gasteiger partial charge in [-0.05, 0) is 42.5 Å². The number of aliphatic hydroxyl groups is 1. The molecule has 0 amide bonds. The van der Waals surface area contributed by atoms with Crippen LogP contribution in [0.4, 0.5) is 14.5 Å². The second-order valence-corrected chi connectivity index (χ2v) is 8.36. The van der Waals surface area contributed by atoms with E-state index in [1.807, 2.05) is 0 Å². The first-order chi connectivity index (χ1) is 14.8. The van der Waals surface area contributed by atoms with Crippen LogP contribution in [0.3, 0.4) is 0 Å². The zero-order valence-electron chi connectivity index (χ0n) is 16.0. The summed E-state index contributed by atoms with van der Waals surface area (Å²) in [4.78, 5) is -0.516. The molecule has 0 saturated heterocycles. The summed E-state index contributed by atoms with van der Waals surface area (Å²) in [5, 5.41) is 20.8. The molecule has 0 fully saturated rings. The molecule has 11 heteroatoms. The van der Waals surface area contributed by atoms with E-state index in [1.165, 1.54) is 6.07 Å². The molecule has 0 aliphatic heterocycles. The Bertz CT molecular complexity index is 1360. The molecule has 160 valence electrons. The summed E-state index contributed by atoms with van der Waals surface area (Å²) in [7, 11) is -4.19. The number of nitrogens with zero attached hydrogens (tertiary/aromatic N) is 3. The first kappa shape index (κ1) is 20.7. The molecule has 0 spiro atoms. The van der Waals surface area contributed by atoms with E-state index in [4.69, 9.17) is 5.11 Å². The SMILES string of the molecule is O=S(=O)(Nc1ccc2[nH]nc(C=Cc3cnn(CCO)c3)c2c1)c1cc(F)cc(F)c1. The van der Waals surface area contributed by atoms with Gasteiger partial charge in [0.15, 0.2) is 0 Å². The third-order valence-corrected chi connectivity index (χ3v) is 5.77. The molecule has 0 aliphatic carbocycles. The minimum absolute atomic E-state index is 0.0181. The van der Waals surface area contributed by atoms with Crippen molar-refractivity contribution in [2.45, 2.75) is 11.4 Å². The minimum atomic E-state index is -4.19. The predicted octanol–water partition coefficient (Wildman–Crippen LogP) is 3.00. The van der Waals surface area contributed by atoms with Gasteiger partial charge in [0.1, 0.15) is 11.6 Å². The Labute approximate surface area is 175 Å². The number of aliphatic hydroxyl groups excluding tert-OH is 1. The Morgan fingerprint density at radius 1 is 1.13 bits per heavy atom. The quantitative estimate of drug-likeness (QED) is 0.405. The standard InChI is InChI=1S/C20H17F2N5O3S/c21-14-7-15(22)9-17(8-14)31(29,30)26-16-2-4-20-18(10-16)19(24-25-20)3-1-13-11-23-27(12-13)5-6-28/h1-4,7-12,26,28H,5-6H2,(H,24,25). The number of rotatable bonds is 7. The Morgan fingerprint density at radius 2 is 1.90 bits per heavy atom. The van der Waals surface area contributed by atoms with Crippen molar-refractivity contribution in [3.8, 4) is 0 Å². The van der Waals surface area contributed by atoms with Gasteiger partial charge in [-0.15, -0.1) is 0 Å². The topological polar surface area (TPSA) is 113 Å². The number of benzene rings is 2. The van der Waals surface area contributed by atoms with Crippen molar-refractivity contribution in [2.75, 3.05) is 11.3 Å². The molecule has 0 atom stereocenters. The van der Waals surface area contributed by atoms with Crippen LogP contribution in [0.5, 0.6) is 0 Å². The molecule has 3 N–H and O–H groups in total. The van der Waals surface area contributed by atoms with Crippen LogP contribution in [0.15, 0.2) is 53.7 Å². The lowest BCUT2D eigenvalue weighted by atomic mass is 10.1. The largest absolute Gasteiger partial charge is 0.394 e. The van der Waals surface area contributed by atoms with Crippen LogP contribution >= 0.6 is 0 Å². The molecule has 0 radical (unpaired) electrons. The number of nitrogens with one attached hydrogen (secondary N) is 2. The summed E-state index contributed by atoms with van der Waals surface area (Å²) in [6.07, 6.45) is 6.92. The van der Waals surface area contributed by atoms with Gasteiger partial charge in [0.05, 0.1) is 35.5 Å². The highest BCUT2D eigenvalue weighted by Gasteiger charge is 2.17. The number of aromatic amines is 1. The maximum absolute atomic E-state index is 13.4. The van der Waals surface area contributed by atoms with Crippen molar-refractivity contribution in [3.05, 3.63) is 71.7 Å². The molecule has 0 saturated carbocycles. The zero-order chi connectivity index (χ0) is 22.0. The third kappa shape index (κ3) is 4.62. The fourth-order valence-electron chi connectivity index (χ4n) is 2.99. The van der Waals surface area contributed by atoms with E-state index >= 15 is 0 Å². The van der Waals surface area contributed by atoms with Crippen LogP contribution < -0.4 is 4.72 Å². The molecular weight excluding hydrogens is 428 g/mol. The Kier molecular flexibility index (Phi) is 5.53. The predicted molar refractivity (Wildman–Crippen MR) is 112 cm³/mol. The van der Waals surface area contributed by atoms with Crippen molar-refractivity contribution in [3.63, 3.8) is 0 Å². The normalized spacial score (nSPS) is 12.1. The van der Waals surface area contributed by atoms with E-state index in [-0.39, 0.29) is 12.3 Å². The lowest BCUT2D eigenvalue weighted by Crippen LogP contribution is -2.13. The van der Waals surface area contributed by atoms with Gasteiger partial charge in [-0.2, -0.15) is 10.2 Å². The van der Waals surface area contributed by atoms with Gasteiger partial charge in [-0.25, -0.2) is 17.2 Å². The summed E-state index contributed by atoms with van der Waals surface area (Å²) >= 11 is 0. The molecule has 4 rings (SSSR count). The maximum Gasteiger partial charge on any atom is 0.262 e. The fourth-order valence-corrected chi connectivity index (χ4v) is 4.08. The van der Waals surface area contributed by atoms with E-state index < -0.39 is 26.6 Å². The van der Waals surface area contributed by atoms with Crippen molar-refractivity contribution >= 4 is 38.8 Å². The number of aromatic nitrogens is 4. The van der Waals surface area contributed by atoms with E-state index in [9.17, 15) is 17.2 Å². The molecule has 31 heavy (non-hydrogen) atoms. The molecule has 2 aromatic carbocycles. The Morgan fingerprint density at radius 3 is 2.65 bits per heavy atom. The van der Waals surface area contributed by atoms with Crippen LogP contribution in [0, 0.1) is 11.6 Å². The van der Waals surface area contributed by atoms with Gasteiger partial charge >= 0.3 is 0 Å². The average Bonchev–Trinajstić information content (AvgIpc) is 3.32. The van der Waals surface area contributed by atoms with Gasteiger partial charge < -0.3 is 5.11 Å². The Balaban J connectivity index is 1.61. The first-order valence-electron chi connectivity index (χ1n) is 9.12. The number of hydrogen-bond acceptors (Lipinski definition) is 5. The third-order valence-electron chi connectivity index (χ3n) is 4.41. The lowest BCUT2D eigenvalue weighted by molar-refractivity contribution is 0.269. The van der Waals surface area contributed by atoms with Crippen molar-refractivity contribution in [1.82, 2.24) is 20.0 Å². The maximum atomic E-state index is 13.4. The van der Waals surface area contributed by atoms with Crippen molar-refractivity contribution < 1.29 is 22.3 Å². The summed E-state index contributed by atoms with van der Waals surface area (Å²) < 4.78 is 55.8. The molecule has 8 nitrogen and oxygen atoms in total. The highest BCUT2D eigenvalue weighted by Crippen LogP contribution is 2.25. The molecule has 2 heterocycles. The number of H-pyrrole nitrogens is 1. The van der Waals surface area contributed by atoms with Gasteiger partial charge in [-0.3, -0.25) is 14.5 Å². The average molecular weight is 445 g/mol. The van der Waals surface area contributed by atoms with E-state index in [0.29, 0.717) is 29.2 Å². The summed E-state index contributed by atoms with van der Waals surface area (Å²) in [6, 6.07) is 6.81. The van der Waals surface area contributed by atoms with Crippen LogP contribution in [-0.2, 0) is 16.6 Å². The zero-order valence-corrected chi connectivity index (χ0v) is 16.8. The van der Waals surface area contributed by atoms with E-state index in [1.54, 1.807) is 41.4 Å². The van der Waals surface area contributed by atoms with Gasteiger partial charge in [0.2, 0.25) is 0 Å². The van der Waals surface area contributed by atoms with Gasteiger partial charge in [0, 0.05) is 28.9 Å². The number of halogens is 2. The van der Waals surface area contributed by atoms with Crippen molar-refractivity contribution in [1.29, 1.82) is 0 Å². The van der Waals surface area contributed by atoms with E-state index in [2.05, 4.69) is 20.0 Å². The Hall–Kier alpha value is -3.57. The number of fused-ring (bicyclic) bond motifs is 1. The molecule has 0 aliphatic rings. The molecule has 4 aromatic rings. The van der Waals surface area contributed by atoms with Crippen LogP contribution in [0.25, 0.3) is 23.1 Å². The summed E-state index contributed by atoms with van der Waals surface area (Å²) in [5.74, 6) is -1.97. The van der Waals surface area contributed by atoms with Gasteiger partial charge in [0.25, 0.3) is 10.0 Å². The fraction of sp³-hybridized carbons (Fsp3) is 0.100. The number of hydrogen-bond donors (Lipinski definition) is 3. The summed E-state index contributed by atoms with van der Waals surface area (Å²) in [5.41, 5.74) is 2.25. The molecule has 0 bridgehead atoms. The highest BCUT2D eigenvalue weighted by molar-refractivity contribution is 7.92. The summed E-state index contributed by atoms with van der Waals surface area (Å²) in [6.45, 7) is 0.369.